The van der Waals surface area contributed by atoms with Crippen molar-refractivity contribution in [2.45, 2.75) is 19.6 Å². The molecule has 0 radical (unpaired) electrons. The molecule has 0 atom stereocenters. The minimum absolute atomic E-state index is 0.0208. The van der Waals surface area contributed by atoms with Gasteiger partial charge >= 0.3 is 0 Å². The summed E-state index contributed by atoms with van der Waals surface area (Å²) in [6.45, 7) is 1.82. The van der Waals surface area contributed by atoms with E-state index in [4.69, 9.17) is 4.74 Å². The largest absolute Gasteiger partial charge is 0.497 e. The Bertz CT molecular complexity index is 896. The Morgan fingerprint density at radius 3 is 2.72 bits per heavy atom. The van der Waals surface area contributed by atoms with Crippen LogP contribution < -0.4 is 4.74 Å². The third-order valence-electron chi connectivity index (χ3n) is 4.56. The quantitative estimate of drug-likeness (QED) is 0.728. The molecule has 1 aromatic carbocycles. The number of carbonyl (C=O) groups is 1. The van der Waals surface area contributed by atoms with Crippen LogP contribution in [0, 0.1) is 0 Å². The monoisotopic (exact) mass is 337 g/mol. The Balaban J connectivity index is 1.55. The van der Waals surface area contributed by atoms with Crippen molar-refractivity contribution in [1.29, 1.82) is 0 Å². The molecule has 3 aromatic rings. The second kappa shape index (κ2) is 6.08. The Kier molecular flexibility index (Phi) is 3.76. The molecule has 0 unspecified atom stereocenters. The van der Waals surface area contributed by atoms with Gasteiger partial charge in [0.1, 0.15) is 5.75 Å². The Morgan fingerprint density at radius 2 is 2.04 bits per heavy atom. The molecule has 0 fully saturated rings. The van der Waals surface area contributed by atoms with E-state index in [0.29, 0.717) is 25.2 Å². The third-order valence-corrected chi connectivity index (χ3v) is 4.56. The van der Waals surface area contributed by atoms with Crippen molar-refractivity contribution in [3.05, 3.63) is 65.5 Å². The number of hydrogen-bond donors (Lipinski definition) is 0. The van der Waals surface area contributed by atoms with Crippen molar-refractivity contribution >= 4 is 5.91 Å². The molecule has 1 amide bonds. The van der Waals surface area contributed by atoms with Crippen LogP contribution in [0.15, 0.2) is 43.0 Å². The normalized spacial score (nSPS) is 13.1. The lowest BCUT2D eigenvalue weighted by Crippen LogP contribution is -2.26. The van der Waals surface area contributed by atoms with Crippen LogP contribution in [0.2, 0.25) is 0 Å². The summed E-state index contributed by atoms with van der Waals surface area (Å²) in [6, 6.07) is 7.22. The molecule has 1 aliphatic heterocycles. The van der Waals surface area contributed by atoms with Gasteiger partial charge in [0.15, 0.2) is 0 Å². The zero-order chi connectivity index (χ0) is 17.4. The van der Waals surface area contributed by atoms with Gasteiger partial charge in [-0.25, -0.2) is 4.98 Å². The van der Waals surface area contributed by atoms with E-state index in [1.165, 1.54) is 0 Å². The fourth-order valence-corrected chi connectivity index (χ4v) is 3.21. The van der Waals surface area contributed by atoms with Crippen molar-refractivity contribution < 1.29 is 9.53 Å². The molecule has 25 heavy (non-hydrogen) atoms. The molecular formula is C18H19N5O2. The van der Waals surface area contributed by atoms with Gasteiger partial charge in [-0.2, -0.15) is 5.10 Å². The summed E-state index contributed by atoms with van der Waals surface area (Å²) < 4.78 is 9.01. The van der Waals surface area contributed by atoms with Crippen LogP contribution in [0.5, 0.6) is 5.75 Å². The molecule has 1 aliphatic rings. The van der Waals surface area contributed by atoms with Gasteiger partial charge in [-0.1, -0.05) is 0 Å². The molecule has 4 rings (SSSR count). The first-order chi connectivity index (χ1) is 12.2. The lowest BCUT2D eigenvalue weighted by atomic mass is 10.2. The van der Waals surface area contributed by atoms with Gasteiger partial charge in [-0.05, 0) is 24.3 Å². The van der Waals surface area contributed by atoms with Gasteiger partial charge in [0, 0.05) is 30.6 Å². The molecule has 0 bridgehead atoms. The smallest absolute Gasteiger partial charge is 0.254 e. The number of amides is 1. The fourth-order valence-electron chi connectivity index (χ4n) is 3.21. The SMILES string of the molecule is COc1ccc(C(=O)N2Cc3c(Cn4ccnc4)nn(C)c3C2)cc1. The third kappa shape index (κ3) is 2.77. The minimum atomic E-state index is 0.0208. The molecule has 3 heterocycles. The maximum Gasteiger partial charge on any atom is 0.254 e. The van der Waals surface area contributed by atoms with Crippen LogP contribution in [0.3, 0.4) is 0 Å². The van der Waals surface area contributed by atoms with Crippen molar-refractivity contribution in [2.24, 2.45) is 7.05 Å². The molecule has 0 saturated carbocycles. The van der Waals surface area contributed by atoms with Crippen LogP contribution in [-0.4, -0.2) is 37.2 Å². The number of imidazole rings is 1. The predicted octanol–water partition coefficient (Wildman–Crippen LogP) is 1.83. The highest BCUT2D eigenvalue weighted by molar-refractivity contribution is 5.94. The second-order valence-electron chi connectivity index (χ2n) is 6.12. The highest BCUT2D eigenvalue weighted by Crippen LogP contribution is 2.27. The standard InChI is InChI=1S/C18H19N5O2/c1-21-17-11-23(18(24)13-3-5-14(25-2)6-4-13)9-15(17)16(20-21)10-22-8-7-19-12-22/h3-8,12H,9-11H2,1-2H3. The number of rotatable bonds is 4. The van der Waals surface area contributed by atoms with Crippen LogP contribution >= 0.6 is 0 Å². The van der Waals surface area contributed by atoms with Crippen molar-refractivity contribution in [2.75, 3.05) is 7.11 Å². The minimum Gasteiger partial charge on any atom is -0.497 e. The number of ether oxygens (including phenoxy) is 1. The van der Waals surface area contributed by atoms with Gasteiger partial charge < -0.3 is 14.2 Å². The van der Waals surface area contributed by atoms with Gasteiger partial charge in [-0.15, -0.1) is 0 Å². The first kappa shape index (κ1) is 15.4. The molecule has 0 saturated heterocycles. The average molecular weight is 337 g/mol. The lowest BCUT2D eigenvalue weighted by molar-refractivity contribution is 0.0748. The van der Waals surface area contributed by atoms with E-state index in [1.807, 2.05) is 39.5 Å². The molecule has 128 valence electrons. The van der Waals surface area contributed by atoms with E-state index in [9.17, 15) is 4.79 Å². The summed E-state index contributed by atoms with van der Waals surface area (Å²) in [5.41, 5.74) is 3.88. The maximum absolute atomic E-state index is 12.8. The van der Waals surface area contributed by atoms with Crippen molar-refractivity contribution in [3.8, 4) is 5.75 Å². The second-order valence-corrected chi connectivity index (χ2v) is 6.12. The summed E-state index contributed by atoms with van der Waals surface area (Å²) in [6.07, 6.45) is 5.44. The highest BCUT2D eigenvalue weighted by atomic mass is 16.5. The summed E-state index contributed by atoms with van der Waals surface area (Å²) >= 11 is 0. The van der Waals surface area contributed by atoms with Crippen LogP contribution in [-0.2, 0) is 26.7 Å². The number of aryl methyl sites for hydroxylation is 1. The molecule has 0 spiro atoms. The summed E-state index contributed by atoms with van der Waals surface area (Å²) in [5.74, 6) is 0.764. The lowest BCUT2D eigenvalue weighted by Gasteiger charge is -2.16. The fraction of sp³-hybridized carbons (Fsp3) is 0.278. The van der Waals surface area contributed by atoms with Crippen LogP contribution in [0.1, 0.15) is 27.3 Å². The maximum atomic E-state index is 12.8. The van der Waals surface area contributed by atoms with Gasteiger partial charge in [-0.3, -0.25) is 9.48 Å². The number of benzene rings is 1. The summed E-state index contributed by atoms with van der Waals surface area (Å²) in [5, 5.41) is 4.61. The number of fused-ring (bicyclic) bond motifs is 1. The van der Waals surface area contributed by atoms with E-state index < -0.39 is 0 Å². The highest BCUT2D eigenvalue weighted by Gasteiger charge is 2.30. The number of methoxy groups -OCH3 is 1. The zero-order valence-corrected chi connectivity index (χ0v) is 14.2. The van der Waals surface area contributed by atoms with E-state index in [-0.39, 0.29) is 5.91 Å². The average Bonchev–Trinajstić information content (AvgIpc) is 3.34. The number of hydrogen-bond acceptors (Lipinski definition) is 4. The van der Waals surface area contributed by atoms with Crippen LogP contribution in [0.4, 0.5) is 0 Å². The first-order valence-corrected chi connectivity index (χ1v) is 8.08. The molecule has 0 N–H and O–H groups in total. The van der Waals surface area contributed by atoms with Gasteiger partial charge in [0.25, 0.3) is 5.91 Å². The first-order valence-electron chi connectivity index (χ1n) is 8.08. The van der Waals surface area contributed by atoms with Gasteiger partial charge in [0.05, 0.1) is 44.5 Å². The predicted molar refractivity (Wildman–Crippen MR) is 91.1 cm³/mol. The van der Waals surface area contributed by atoms with E-state index in [0.717, 1.165) is 22.7 Å². The molecule has 7 heteroatoms. The molecule has 7 nitrogen and oxygen atoms in total. The molecule has 2 aromatic heterocycles. The van der Waals surface area contributed by atoms with E-state index in [1.54, 1.807) is 31.8 Å². The van der Waals surface area contributed by atoms with Crippen molar-refractivity contribution in [1.82, 2.24) is 24.2 Å². The Morgan fingerprint density at radius 1 is 1.24 bits per heavy atom. The summed E-state index contributed by atoms with van der Waals surface area (Å²) in [7, 11) is 3.54. The molecular weight excluding hydrogens is 318 g/mol. The molecule has 0 aliphatic carbocycles. The summed E-state index contributed by atoms with van der Waals surface area (Å²) in [4.78, 5) is 18.7. The van der Waals surface area contributed by atoms with E-state index in [2.05, 4.69) is 10.1 Å². The van der Waals surface area contributed by atoms with Gasteiger partial charge in [0.2, 0.25) is 0 Å². The van der Waals surface area contributed by atoms with E-state index >= 15 is 0 Å². The topological polar surface area (TPSA) is 65.2 Å². The van der Waals surface area contributed by atoms with Crippen molar-refractivity contribution in [3.63, 3.8) is 0 Å². The number of carbonyl (C=O) groups excluding carboxylic acids is 1. The zero-order valence-electron chi connectivity index (χ0n) is 14.2. The number of aromatic nitrogens is 4. The Labute approximate surface area is 145 Å². The number of nitrogens with zero attached hydrogens (tertiary/aromatic N) is 5. The Hall–Kier alpha value is -3.09. The van der Waals surface area contributed by atoms with Crippen LogP contribution in [0.25, 0.3) is 0 Å².